The van der Waals surface area contributed by atoms with E-state index in [1.807, 2.05) is 13.1 Å². The molecule has 0 aromatic heterocycles. The van der Waals surface area contributed by atoms with Gasteiger partial charge in [-0.05, 0) is 56.6 Å². The average Bonchev–Trinajstić information content (AvgIpc) is 2.20. The number of likely N-dealkylation sites (N-methyl/N-ethyl adjacent to an activating group) is 1. The second-order valence-electron chi connectivity index (χ2n) is 3.53. The lowest BCUT2D eigenvalue weighted by molar-refractivity contribution is 0.411. The highest BCUT2D eigenvalue weighted by molar-refractivity contribution is 5.43. The Labute approximate surface area is 86.3 Å². The molecule has 0 aliphatic rings. The minimum atomic E-state index is 0.982. The molecule has 0 bridgehead atoms. The van der Waals surface area contributed by atoms with Gasteiger partial charge in [-0.25, -0.2) is 0 Å². The minimum Gasteiger partial charge on any atom is -0.496 e. The summed E-state index contributed by atoms with van der Waals surface area (Å²) in [6.07, 6.45) is 1.08. The summed E-state index contributed by atoms with van der Waals surface area (Å²) in [6, 6.07) is 4.20. The van der Waals surface area contributed by atoms with E-state index in [-0.39, 0.29) is 0 Å². The van der Waals surface area contributed by atoms with Gasteiger partial charge in [0.05, 0.1) is 7.11 Å². The molecular formula is C12H19NO. The Morgan fingerprint density at radius 3 is 2.50 bits per heavy atom. The highest BCUT2D eigenvalue weighted by atomic mass is 16.5. The van der Waals surface area contributed by atoms with Crippen LogP contribution in [-0.4, -0.2) is 20.7 Å². The van der Waals surface area contributed by atoms with E-state index >= 15 is 0 Å². The average molecular weight is 193 g/mol. The van der Waals surface area contributed by atoms with E-state index in [9.17, 15) is 0 Å². The summed E-state index contributed by atoms with van der Waals surface area (Å²) in [7, 11) is 3.70. The van der Waals surface area contributed by atoms with Crippen LogP contribution in [0.25, 0.3) is 0 Å². The Morgan fingerprint density at radius 1 is 1.21 bits per heavy atom. The lowest BCUT2D eigenvalue weighted by Gasteiger charge is -2.12. The Morgan fingerprint density at radius 2 is 1.93 bits per heavy atom. The van der Waals surface area contributed by atoms with Gasteiger partial charge in [0.15, 0.2) is 0 Å². The van der Waals surface area contributed by atoms with Gasteiger partial charge in [-0.2, -0.15) is 0 Å². The van der Waals surface area contributed by atoms with Gasteiger partial charge in [-0.3, -0.25) is 0 Å². The van der Waals surface area contributed by atoms with Gasteiger partial charge in [0, 0.05) is 0 Å². The maximum Gasteiger partial charge on any atom is 0.122 e. The molecule has 0 saturated carbocycles. The molecule has 2 heteroatoms. The highest BCUT2D eigenvalue weighted by Gasteiger charge is 2.05. The van der Waals surface area contributed by atoms with Crippen molar-refractivity contribution in [1.82, 2.24) is 5.32 Å². The molecule has 78 valence electrons. The van der Waals surface area contributed by atoms with Gasteiger partial charge in [0.1, 0.15) is 5.75 Å². The molecule has 0 aliphatic carbocycles. The fourth-order valence-corrected chi connectivity index (χ4v) is 1.60. The van der Waals surface area contributed by atoms with Gasteiger partial charge in [-0.15, -0.1) is 0 Å². The fourth-order valence-electron chi connectivity index (χ4n) is 1.60. The first kappa shape index (κ1) is 11.1. The predicted octanol–water partition coefficient (Wildman–Crippen LogP) is 2.07. The van der Waals surface area contributed by atoms with Crippen molar-refractivity contribution in [3.8, 4) is 5.75 Å². The molecule has 0 unspecified atom stereocenters. The molecule has 0 atom stereocenters. The number of hydrogen-bond donors (Lipinski definition) is 1. The maximum absolute atomic E-state index is 5.27. The zero-order chi connectivity index (χ0) is 10.6. The number of rotatable bonds is 4. The quantitative estimate of drug-likeness (QED) is 0.790. The van der Waals surface area contributed by atoms with Crippen molar-refractivity contribution in [2.24, 2.45) is 0 Å². The lowest BCUT2D eigenvalue weighted by atomic mass is 10.00. The number of hydrogen-bond acceptors (Lipinski definition) is 2. The molecule has 1 rings (SSSR count). The van der Waals surface area contributed by atoms with Crippen LogP contribution >= 0.6 is 0 Å². The van der Waals surface area contributed by atoms with E-state index in [1.54, 1.807) is 7.11 Å². The van der Waals surface area contributed by atoms with E-state index in [0.29, 0.717) is 0 Å². The van der Waals surface area contributed by atoms with Gasteiger partial charge >= 0.3 is 0 Å². The molecule has 0 amide bonds. The molecular weight excluding hydrogens is 174 g/mol. The van der Waals surface area contributed by atoms with Crippen LogP contribution in [0.5, 0.6) is 5.75 Å². The van der Waals surface area contributed by atoms with Gasteiger partial charge < -0.3 is 10.1 Å². The molecule has 1 aromatic carbocycles. The van der Waals surface area contributed by atoms with Gasteiger partial charge in [0.2, 0.25) is 0 Å². The molecule has 0 saturated heterocycles. The van der Waals surface area contributed by atoms with Gasteiger partial charge in [0.25, 0.3) is 0 Å². The summed E-state index contributed by atoms with van der Waals surface area (Å²) < 4.78 is 5.27. The Bertz CT molecular complexity index is 307. The lowest BCUT2D eigenvalue weighted by Crippen LogP contribution is -2.11. The third-order valence-corrected chi connectivity index (χ3v) is 2.71. The zero-order valence-electron chi connectivity index (χ0n) is 9.48. The summed E-state index contributed by atoms with van der Waals surface area (Å²) in [5, 5.41) is 3.16. The summed E-state index contributed by atoms with van der Waals surface area (Å²) in [6.45, 7) is 5.28. The van der Waals surface area contributed by atoms with Crippen molar-refractivity contribution in [2.45, 2.75) is 20.3 Å². The predicted molar refractivity (Wildman–Crippen MR) is 60.1 cm³/mol. The van der Waals surface area contributed by atoms with E-state index in [1.165, 1.54) is 16.7 Å². The summed E-state index contributed by atoms with van der Waals surface area (Å²) in [4.78, 5) is 0. The molecule has 14 heavy (non-hydrogen) atoms. The van der Waals surface area contributed by atoms with Crippen molar-refractivity contribution >= 4 is 0 Å². The van der Waals surface area contributed by atoms with Crippen LogP contribution in [0.15, 0.2) is 12.1 Å². The molecule has 0 radical (unpaired) electrons. The maximum atomic E-state index is 5.27. The summed E-state index contributed by atoms with van der Waals surface area (Å²) >= 11 is 0. The Kier molecular flexibility index (Phi) is 3.96. The van der Waals surface area contributed by atoms with Crippen molar-refractivity contribution in [1.29, 1.82) is 0 Å². The third-order valence-electron chi connectivity index (χ3n) is 2.71. The first-order chi connectivity index (χ1) is 6.70. The minimum absolute atomic E-state index is 0.982. The summed E-state index contributed by atoms with van der Waals surface area (Å²) in [5.41, 5.74) is 4.00. The second-order valence-corrected chi connectivity index (χ2v) is 3.53. The van der Waals surface area contributed by atoms with Crippen LogP contribution in [0.3, 0.4) is 0 Å². The highest BCUT2D eigenvalue weighted by Crippen LogP contribution is 2.23. The van der Waals surface area contributed by atoms with Crippen molar-refractivity contribution in [3.05, 3.63) is 28.8 Å². The van der Waals surface area contributed by atoms with Crippen LogP contribution in [0.4, 0.5) is 0 Å². The van der Waals surface area contributed by atoms with Crippen LogP contribution in [0.1, 0.15) is 16.7 Å². The van der Waals surface area contributed by atoms with Crippen LogP contribution in [0.2, 0.25) is 0 Å². The van der Waals surface area contributed by atoms with E-state index in [4.69, 9.17) is 4.74 Å². The first-order valence-corrected chi connectivity index (χ1v) is 4.98. The Hall–Kier alpha value is -1.02. The monoisotopic (exact) mass is 193 g/mol. The SMILES string of the molecule is CNCCc1ccc(OC)c(C)c1C. The number of methoxy groups -OCH3 is 1. The molecule has 1 aromatic rings. The van der Waals surface area contributed by atoms with Crippen molar-refractivity contribution in [2.75, 3.05) is 20.7 Å². The number of nitrogens with one attached hydrogen (secondary N) is 1. The zero-order valence-corrected chi connectivity index (χ0v) is 9.48. The third kappa shape index (κ3) is 2.26. The van der Waals surface area contributed by atoms with E-state index in [2.05, 4.69) is 25.2 Å². The fraction of sp³-hybridized carbons (Fsp3) is 0.500. The van der Waals surface area contributed by atoms with Gasteiger partial charge in [-0.1, -0.05) is 6.07 Å². The standard InChI is InChI=1S/C12H19NO/c1-9-10(2)12(14-4)6-5-11(9)7-8-13-3/h5-6,13H,7-8H2,1-4H3. The van der Waals surface area contributed by atoms with E-state index in [0.717, 1.165) is 18.7 Å². The van der Waals surface area contributed by atoms with Crippen LogP contribution < -0.4 is 10.1 Å². The molecule has 0 heterocycles. The molecule has 0 fully saturated rings. The topological polar surface area (TPSA) is 21.3 Å². The number of benzene rings is 1. The largest absolute Gasteiger partial charge is 0.496 e. The second kappa shape index (κ2) is 5.01. The Balaban J connectivity index is 2.92. The smallest absolute Gasteiger partial charge is 0.122 e. The summed E-state index contributed by atoms with van der Waals surface area (Å²) in [5.74, 6) is 0.982. The van der Waals surface area contributed by atoms with Crippen molar-refractivity contribution < 1.29 is 4.74 Å². The normalized spacial score (nSPS) is 10.3. The molecule has 0 aliphatic heterocycles. The number of ether oxygens (including phenoxy) is 1. The van der Waals surface area contributed by atoms with Crippen LogP contribution in [0, 0.1) is 13.8 Å². The van der Waals surface area contributed by atoms with Crippen molar-refractivity contribution in [3.63, 3.8) is 0 Å². The molecule has 1 N–H and O–H groups in total. The van der Waals surface area contributed by atoms with E-state index < -0.39 is 0 Å². The first-order valence-electron chi connectivity index (χ1n) is 4.98. The molecule has 0 spiro atoms. The van der Waals surface area contributed by atoms with Crippen LogP contribution in [-0.2, 0) is 6.42 Å². The molecule has 2 nitrogen and oxygen atoms in total.